The van der Waals surface area contributed by atoms with Gasteiger partial charge in [-0.25, -0.2) is 0 Å². The van der Waals surface area contributed by atoms with Crippen molar-refractivity contribution in [1.29, 1.82) is 0 Å². The maximum atomic E-state index is 12.3. The van der Waals surface area contributed by atoms with Crippen LogP contribution < -0.4 is 5.32 Å². The second-order valence-corrected chi connectivity index (χ2v) is 7.47. The summed E-state index contributed by atoms with van der Waals surface area (Å²) in [7, 11) is 0. The van der Waals surface area contributed by atoms with E-state index in [1.807, 2.05) is 59.5 Å². The molecule has 1 aliphatic rings. The first-order valence-corrected chi connectivity index (χ1v) is 10.1. The van der Waals surface area contributed by atoms with Gasteiger partial charge in [-0.15, -0.1) is 11.8 Å². The van der Waals surface area contributed by atoms with E-state index in [2.05, 4.69) is 12.2 Å². The highest BCUT2D eigenvalue weighted by Crippen LogP contribution is 2.39. The number of hydrogen-bond acceptors (Lipinski definition) is 3. The standard InChI is InChI=1S/C21H24N2O2S/c1-2-3-13-22-20(25)17-9-11-18(12-10-17)21-23(19(24)15-26-21)14-16-7-5-4-6-8-16/h4-12,21H,2-3,13-15H2,1H3,(H,22,25). The number of rotatable bonds is 7. The van der Waals surface area contributed by atoms with E-state index in [0.29, 0.717) is 24.4 Å². The summed E-state index contributed by atoms with van der Waals surface area (Å²) in [6.07, 6.45) is 2.04. The molecule has 2 amide bonds. The highest BCUT2D eigenvalue weighted by molar-refractivity contribution is 8.00. The Morgan fingerprint density at radius 3 is 2.58 bits per heavy atom. The summed E-state index contributed by atoms with van der Waals surface area (Å²) in [4.78, 5) is 26.4. The lowest BCUT2D eigenvalue weighted by Crippen LogP contribution is -2.28. The third kappa shape index (κ3) is 4.47. The van der Waals surface area contributed by atoms with E-state index in [1.54, 1.807) is 11.8 Å². The molecule has 0 radical (unpaired) electrons. The molecule has 0 saturated carbocycles. The van der Waals surface area contributed by atoms with Gasteiger partial charge in [-0.3, -0.25) is 9.59 Å². The minimum atomic E-state index is -0.0405. The van der Waals surface area contributed by atoms with Crippen molar-refractivity contribution < 1.29 is 9.59 Å². The summed E-state index contributed by atoms with van der Waals surface area (Å²) in [5, 5.41) is 2.93. The van der Waals surface area contributed by atoms with E-state index < -0.39 is 0 Å². The molecule has 26 heavy (non-hydrogen) atoms. The fraction of sp³-hybridized carbons (Fsp3) is 0.333. The molecule has 5 heteroatoms. The number of benzene rings is 2. The quantitative estimate of drug-likeness (QED) is 0.752. The van der Waals surface area contributed by atoms with E-state index in [1.165, 1.54) is 0 Å². The molecule has 3 rings (SSSR count). The molecule has 4 nitrogen and oxygen atoms in total. The van der Waals surface area contributed by atoms with Crippen molar-refractivity contribution >= 4 is 23.6 Å². The van der Waals surface area contributed by atoms with Crippen LogP contribution in [0.5, 0.6) is 0 Å². The first kappa shape index (κ1) is 18.5. The summed E-state index contributed by atoms with van der Waals surface area (Å²) in [5.74, 6) is 0.614. The smallest absolute Gasteiger partial charge is 0.251 e. The number of nitrogens with zero attached hydrogens (tertiary/aromatic N) is 1. The molecule has 0 aromatic heterocycles. The summed E-state index contributed by atoms with van der Waals surface area (Å²) in [6, 6.07) is 17.7. The Kier molecular flexibility index (Phi) is 6.34. The molecular formula is C21H24N2O2S. The summed E-state index contributed by atoms with van der Waals surface area (Å²) >= 11 is 1.64. The average Bonchev–Trinajstić information content (AvgIpc) is 3.03. The van der Waals surface area contributed by atoms with Crippen molar-refractivity contribution in [2.75, 3.05) is 12.3 Å². The van der Waals surface area contributed by atoms with E-state index in [0.717, 1.165) is 24.0 Å². The number of unbranched alkanes of at least 4 members (excludes halogenated alkanes) is 1. The van der Waals surface area contributed by atoms with E-state index in [-0.39, 0.29) is 17.2 Å². The van der Waals surface area contributed by atoms with Crippen LogP contribution in [0, 0.1) is 0 Å². The van der Waals surface area contributed by atoms with Crippen molar-refractivity contribution in [2.45, 2.75) is 31.7 Å². The molecule has 2 aromatic rings. The number of carbonyl (C=O) groups is 2. The van der Waals surface area contributed by atoms with Gasteiger partial charge < -0.3 is 10.2 Å². The SMILES string of the molecule is CCCCNC(=O)c1ccc(C2SCC(=O)N2Cc2ccccc2)cc1. The van der Waals surface area contributed by atoms with E-state index >= 15 is 0 Å². The number of carbonyl (C=O) groups excluding carboxylic acids is 2. The van der Waals surface area contributed by atoms with Crippen LogP contribution in [0.25, 0.3) is 0 Å². The molecule has 1 saturated heterocycles. The van der Waals surface area contributed by atoms with Gasteiger partial charge in [0.05, 0.1) is 5.75 Å². The highest BCUT2D eigenvalue weighted by atomic mass is 32.2. The first-order chi connectivity index (χ1) is 12.7. The molecular weight excluding hydrogens is 344 g/mol. The van der Waals surface area contributed by atoms with E-state index in [4.69, 9.17) is 0 Å². The third-order valence-electron chi connectivity index (χ3n) is 4.44. The van der Waals surface area contributed by atoms with Crippen LogP contribution in [0.2, 0.25) is 0 Å². The Morgan fingerprint density at radius 1 is 1.15 bits per heavy atom. The van der Waals surface area contributed by atoms with Crippen LogP contribution in [0.3, 0.4) is 0 Å². The number of nitrogens with one attached hydrogen (secondary N) is 1. The van der Waals surface area contributed by atoms with Crippen LogP contribution in [0.4, 0.5) is 0 Å². The van der Waals surface area contributed by atoms with Gasteiger partial charge in [0.25, 0.3) is 5.91 Å². The zero-order valence-electron chi connectivity index (χ0n) is 15.0. The first-order valence-electron chi connectivity index (χ1n) is 9.02. The minimum absolute atomic E-state index is 0.0000845. The average molecular weight is 369 g/mol. The Balaban J connectivity index is 1.69. The number of amides is 2. The second kappa shape index (κ2) is 8.90. The fourth-order valence-corrected chi connectivity index (χ4v) is 4.15. The molecule has 1 unspecified atom stereocenters. The summed E-state index contributed by atoms with van der Waals surface area (Å²) < 4.78 is 0. The monoisotopic (exact) mass is 368 g/mol. The van der Waals surface area contributed by atoms with Gasteiger partial charge in [0.1, 0.15) is 5.37 Å². The van der Waals surface area contributed by atoms with Gasteiger partial charge in [0, 0.05) is 18.7 Å². The topological polar surface area (TPSA) is 49.4 Å². The van der Waals surface area contributed by atoms with Crippen molar-refractivity contribution in [3.05, 3.63) is 71.3 Å². The maximum absolute atomic E-state index is 12.3. The Hall–Kier alpha value is -2.27. The molecule has 1 atom stereocenters. The lowest BCUT2D eigenvalue weighted by atomic mass is 10.1. The lowest BCUT2D eigenvalue weighted by molar-refractivity contribution is -0.128. The minimum Gasteiger partial charge on any atom is -0.352 e. The van der Waals surface area contributed by atoms with Crippen LogP contribution in [-0.2, 0) is 11.3 Å². The van der Waals surface area contributed by atoms with Crippen molar-refractivity contribution in [2.24, 2.45) is 0 Å². The molecule has 1 heterocycles. The maximum Gasteiger partial charge on any atom is 0.251 e. The van der Waals surface area contributed by atoms with Crippen LogP contribution in [-0.4, -0.2) is 29.0 Å². The molecule has 1 aliphatic heterocycles. The fourth-order valence-electron chi connectivity index (χ4n) is 2.96. The van der Waals surface area contributed by atoms with Crippen LogP contribution in [0.1, 0.15) is 46.6 Å². The van der Waals surface area contributed by atoms with Crippen molar-refractivity contribution in [3.8, 4) is 0 Å². The molecule has 136 valence electrons. The second-order valence-electron chi connectivity index (χ2n) is 6.40. The van der Waals surface area contributed by atoms with Gasteiger partial charge in [0.15, 0.2) is 0 Å². The molecule has 1 fully saturated rings. The van der Waals surface area contributed by atoms with Crippen LogP contribution in [0.15, 0.2) is 54.6 Å². The van der Waals surface area contributed by atoms with Crippen LogP contribution >= 0.6 is 11.8 Å². The third-order valence-corrected chi connectivity index (χ3v) is 5.69. The number of thioether (sulfide) groups is 1. The van der Waals surface area contributed by atoms with Gasteiger partial charge in [-0.2, -0.15) is 0 Å². The normalized spacial score (nSPS) is 16.7. The Morgan fingerprint density at radius 2 is 1.88 bits per heavy atom. The Bertz CT molecular complexity index is 746. The molecule has 0 spiro atoms. The molecule has 0 bridgehead atoms. The Labute approximate surface area is 159 Å². The zero-order valence-corrected chi connectivity index (χ0v) is 15.8. The molecule has 2 aromatic carbocycles. The largest absolute Gasteiger partial charge is 0.352 e. The zero-order chi connectivity index (χ0) is 18.4. The summed E-state index contributed by atoms with van der Waals surface area (Å²) in [5.41, 5.74) is 2.84. The summed E-state index contributed by atoms with van der Waals surface area (Å²) in [6.45, 7) is 3.41. The van der Waals surface area contributed by atoms with E-state index in [9.17, 15) is 9.59 Å². The highest BCUT2D eigenvalue weighted by Gasteiger charge is 2.32. The van der Waals surface area contributed by atoms with Gasteiger partial charge >= 0.3 is 0 Å². The molecule has 1 N–H and O–H groups in total. The van der Waals surface area contributed by atoms with Gasteiger partial charge in [-0.1, -0.05) is 55.8 Å². The molecule has 0 aliphatic carbocycles. The lowest BCUT2D eigenvalue weighted by Gasteiger charge is -2.24. The van der Waals surface area contributed by atoms with Crippen molar-refractivity contribution in [1.82, 2.24) is 10.2 Å². The predicted molar refractivity (Wildman–Crippen MR) is 106 cm³/mol. The van der Waals surface area contributed by atoms with Crippen molar-refractivity contribution in [3.63, 3.8) is 0 Å². The predicted octanol–water partition coefficient (Wildman–Crippen LogP) is 3.99. The number of hydrogen-bond donors (Lipinski definition) is 1. The van der Waals surface area contributed by atoms with Gasteiger partial charge in [0.2, 0.25) is 5.91 Å². The van der Waals surface area contributed by atoms with Gasteiger partial charge in [-0.05, 0) is 29.7 Å².